The number of rotatable bonds is 9. The van der Waals surface area contributed by atoms with Gasteiger partial charge in [-0.15, -0.1) is 0 Å². The van der Waals surface area contributed by atoms with Gasteiger partial charge >= 0.3 is 0 Å². The maximum atomic E-state index is 3.92. The molecule has 0 radical (unpaired) electrons. The topological polar surface area (TPSA) is 12.0 Å². The van der Waals surface area contributed by atoms with E-state index in [4.69, 9.17) is 0 Å². The summed E-state index contributed by atoms with van der Waals surface area (Å²) in [5.41, 5.74) is 0. The van der Waals surface area contributed by atoms with Gasteiger partial charge in [-0.1, -0.05) is 105 Å². The molecule has 0 aromatic rings. The van der Waals surface area contributed by atoms with Crippen LogP contribution in [0.5, 0.6) is 0 Å². The molecule has 1 heterocycles. The van der Waals surface area contributed by atoms with Gasteiger partial charge in [0.15, 0.2) is 0 Å². The SMILES string of the molecule is CC(C)CCC/C=C/CCC(C)C1CCCC(C2CCCCC2)CNCCC(C)C(C)C(C)C1. The molecule has 0 amide bonds. The van der Waals surface area contributed by atoms with Gasteiger partial charge in [0.25, 0.3) is 0 Å². The van der Waals surface area contributed by atoms with Crippen LogP contribution in [0.3, 0.4) is 0 Å². The molecule has 34 heavy (non-hydrogen) atoms. The van der Waals surface area contributed by atoms with E-state index in [1.807, 2.05) is 0 Å². The first-order chi connectivity index (χ1) is 16.4. The van der Waals surface area contributed by atoms with Crippen molar-refractivity contribution in [2.75, 3.05) is 13.1 Å². The Labute approximate surface area is 215 Å². The highest BCUT2D eigenvalue weighted by Gasteiger charge is 2.28. The molecule has 0 spiro atoms. The number of allylic oxidation sites excluding steroid dienone is 2. The third-order valence-electron chi connectivity index (χ3n) is 10.0. The Bertz CT molecular complexity index is 517. The van der Waals surface area contributed by atoms with E-state index < -0.39 is 0 Å². The fourth-order valence-electron chi connectivity index (χ4n) is 6.99. The first-order valence-corrected chi connectivity index (χ1v) is 15.7. The van der Waals surface area contributed by atoms with E-state index in [1.165, 1.54) is 109 Å². The number of hydrogen-bond donors (Lipinski definition) is 1. The summed E-state index contributed by atoms with van der Waals surface area (Å²) in [4.78, 5) is 0. The lowest BCUT2D eigenvalue weighted by Gasteiger charge is -2.32. The van der Waals surface area contributed by atoms with Crippen molar-refractivity contribution in [3.05, 3.63) is 12.2 Å². The first-order valence-electron chi connectivity index (χ1n) is 15.7. The summed E-state index contributed by atoms with van der Waals surface area (Å²) in [7, 11) is 0. The van der Waals surface area contributed by atoms with Crippen LogP contribution in [0.15, 0.2) is 12.2 Å². The van der Waals surface area contributed by atoms with E-state index in [0.717, 1.165) is 47.3 Å². The fraction of sp³-hybridized carbons (Fsp3) is 0.939. The van der Waals surface area contributed by atoms with E-state index in [2.05, 4.69) is 59.0 Å². The lowest BCUT2D eigenvalue weighted by atomic mass is 9.73. The Morgan fingerprint density at radius 2 is 1.44 bits per heavy atom. The normalized spacial score (nSPS) is 32.3. The first kappa shape index (κ1) is 29.9. The minimum atomic E-state index is 0.834. The summed E-state index contributed by atoms with van der Waals surface area (Å²) in [5.74, 6) is 7.08. The average Bonchev–Trinajstić information content (AvgIpc) is 2.84. The van der Waals surface area contributed by atoms with Crippen molar-refractivity contribution in [2.24, 2.45) is 47.3 Å². The Morgan fingerprint density at radius 1 is 0.735 bits per heavy atom. The highest BCUT2D eigenvalue weighted by Crippen LogP contribution is 2.37. The summed E-state index contributed by atoms with van der Waals surface area (Å²) in [6, 6.07) is 0. The van der Waals surface area contributed by atoms with Crippen LogP contribution in [0.25, 0.3) is 0 Å². The maximum absolute atomic E-state index is 3.92. The molecule has 0 aromatic carbocycles. The second-order valence-corrected chi connectivity index (χ2v) is 13.2. The van der Waals surface area contributed by atoms with Gasteiger partial charge in [-0.3, -0.25) is 0 Å². The van der Waals surface area contributed by atoms with Crippen LogP contribution in [0, 0.1) is 47.3 Å². The van der Waals surface area contributed by atoms with Crippen molar-refractivity contribution < 1.29 is 0 Å². The van der Waals surface area contributed by atoms with Gasteiger partial charge in [0.05, 0.1) is 0 Å². The van der Waals surface area contributed by atoms with Crippen LogP contribution >= 0.6 is 0 Å². The van der Waals surface area contributed by atoms with Gasteiger partial charge in [-0.05, 0) is 105 Å². The van der Waals surface area contributed by atoms with Crippen molar-refractivity contribution in [1.29, 1.82) is 0 Å². The fourth-order valence-corrected chi connectivity index (χ4v) is 6.99. The molecule has 2 fully saturated rings. The predicted molar refractivity (Wildman–Crippen MR) is 153 cm³/mol. The zero-order valence-electron chi connectivity index (χ0n) is 24.3. The zero-order valence-corrected chi connectivity index (χ0v) is 24.3. The van der Waals surface area contributed by atoms with E-state index in [1.54, 1.807) is 0 Å². The summed E-state index contributed by atoms with van der Waals surface area (Å²) < 4.78 is 0. The molecule has 2 aliphatic rings. The molecular weight excluding hydrogens is 410 g/mol. The Balaban J connectivity index is 1.92. The summed E-state index contributed by atoms with van der Waals surface area (Å²) in [6.45, 7) is 17.4. The van der Waals surface area contributed by atoms with Crippen molar-refractivity contribution in [3.63, 3.8) is 0 Å². The third-order valence-corrected chi connectivity index (χ3v) is 10.0. The lowest BCUT2D eigenvalue weighted by Crippen LogP contribution is -2.31. The molecule has 0 aromatic heterocycles. The van der Waals surface area contributed by atoms with Gasteiger partial charge in [0.1, 0.15) is 0 Å². The van der Waals surface area contributed by atoms with E-state index in [-0.39, 0.29) is 0 Å². The molecular formula is C33H63N. The quantitative estimate of drug-likeness (QED) is 0.259. The van der Waals surface area contributed by atoms with Crippen LogP contribution in [0.4, 0.5) is 0 Å². The van der Waals surface area contributed by atoms with Gasteiger partial charge < -0.3 is 5.32 Å². The van der Waals surface area contributed by atoms with Crippen LogP contribution in [0.1, 0.15) is 138 Å². The molecule has 200 valence electrons. The predicted octanol–water partition coefficient (Wildman–Crippen LogP) is 10.1. The summed E-state index contributed by atoms with van der Waals surface area (Å²) >= 11 is 0. The van der Waals surface area contributed by atoms with Crippen molar-refractivity contribution in [3.8, 4) is 0 Å². The molecule has 1 nitrogen and oxygen atoms in total. The number of hydrogen-bond acceptors (Lipinski definition) is 1. The molecule has 1 N–H and O–H groups in total. The molecule has 1 saturated carbocycles. The maximum Gasteiger partial charge on any atom is -0.00179 e. The van der Waals surface area contributed by atoms with Crippen LogP contribution in [-0.2, 0) is 0 Å². The minimum Gasteiger partial charge on any atom is -0.316 e. The van der Waals surface area contributed by atoms with Gasteiger partial charge in [-0.25, -0.2) is 0 Å². The van der Waals surface area contributed by atoms with Crippen LogP contribution in [0.2, 0.25) is 0 Å². The van der Waals surface area contributed by atoms with Crippen LogP contribution < -0.4 is 5.32 Å². The average molecular weight is 474 g/mol. The van der Waals surface area contributed by atoms with E-state index in [9.17, 15) is 0 Å². The monoisotopic (exact) mass is 473 g/mol. The van der Waals surface area contributed by atoms with Crippen molar-refractivity contribution in [2.45, 2.75) is 138 Å². The second kappa shape index (κ2) is 17.2. The molecule has 6 unspecified atom stereocenters. The van der Waals surface area contributed by atoms with Gasteiger partial charge in [0, 0.05) is 0 Å². The Kier molecular flexibility index (Phi) is 15.1. The third kappa shape index (κ3) is 11.6. The molecule has 1 aliphatic heterocycles. The molecule has 0 bridgehead atoms. The summed E-state index contributed by atoms with van der Waals surface area (Å²) in [6.07, 6.45) is 26.3. The molecule has 6 atom stereocenters. The Hall–Kier alpha value is -0.300. The zero-order chi connectivity index (χ0) is 24.8. The number of unbranched alkanes of at least 4 members (excludes halogenated alkanes) is 1. The van der Waals surface area contributed by atoms with E-state index >= 15 is 0 Å². The van der Waals surface area contributed by atoms with E-state index in [0.29, 0.717) is 0 Å². The van der Waals surface area contributed by atoms with Gasteiger partial charge in [-0.2, -0.15) is 0 Å². The number of nitrogens with one attached hydrogen (secondary N) is 1. The molecule has 2 rings (SSSR count). The highest BCUT2D eigenvalue weighted by molar-refractivity contribution is 4.84. The minimum absolute atomic E-state index is 0.834. The largest absolute Gasteiger partial charge is 0.316 e. The van der Waals surface area contributed by atoms with Gasteiger partial charge in [0.2, 0.25) is 0 Å². The highest BCUT2D eigenvalue weighted by atomic mass is 14.9. The smallest absolute Gasteiger partial charge is 0.00179 e. The Morgan fingerprint density at radius 3 is 2.18 bits per heavy atom. The molecule has 1 saturated heterocycles. The van der Waals surface area contributed by atoms with Crippen molar-refractivity contribution in [1.82, 2.24) is 5.32 Å². The van der Waals surface area contributed by atoms with Crippen LogP contribution in [-0.4, -0.2) is 13.1 Å². The lowest BCUT2D eigenvalue weighted by molar-refractivity contribution is 0.184. The molecule has 1 aliphatic carbocycles. The summed E-state index contributed by atoms with van der Waals surface area (Å²) in [5, 5.41) is 3.92. The standard InChI is InChI=1S/C33H63N/c1-26(2)16-11-8-7-9-12-17-28(4)32-20-15-21-33(31-18-13-10-14-19-31)25-34-23-22-27(3)30(6)29(5)24-32/h7,9,26-34H,8,10-25H2,1-6H3/b9-7+. The van der Waals surface area contributed by atoms with Crippen molar-refractivity contribution >= 4 is 0 Å². The molecule has 1 heteroatoms. The second-order valence-electron chi connectivity index (χ2n) is 13.2.